The van der Waals surface area contributed by atoms with Crippen molar-refractivity contribution in [2.75, 3.05) is 7.05 Å². The van der Waals surface area contributed by atoms with Gasteiger partial charge in [0.25, 0.3) is 0 Å². The van der Waals surface area contributed by atoms with E-state index >= 15 is 0 Å². The van der Waals surface area contributed by atoms with Crippen LogP contribution in [0.2, 0.25) is 0 Å². The van der Waals surface area contributed by atoms with Gasteiger partial charge >= 0.3 is 6.03 Å². The van der Waals surface area contributed by atoms with Crippen LogP contribution in [-0.4, -0.2) is 13.1 Å². The molecule has 0 radical (unpaired) electrons. The molecule has 3 heteroatoms. The van der Waals surface area contributed by atoms with E-state index in [1.165, 1.54) is 0 Å². The lowest BCUT2D eigenvalue weighted by Crippen LogP contribution is -2.34. The first-order valence-corrected chi connectivity index (χ1v) is 4.27. The molecule has 0 heterocycles. The molecule has 70 valence electrons. The molecule has 13 heavy (non-hydrogen) atoms. The molecule has 0 bridgehead atoms. The highest BCUT2D eigenvalue weighted by molar-refractivity contribution is 5.73. The van der Waals surface area contributed by atoms with Gasteiger partial charge in [0.15, 0.2) is 0 Å². The first-order valence-electron chi connectivity index (χ1n) is 4.27. The Hall–Kier alpha value is -1.51. The van der Waals surface area contributed by atoms with Gasteiger partial charge in [0.05, 0.1) is 6.04 Å². The lowest BCUT2D eigenvalue weighted by molar-refractivity contribution is 0.240. The maximum atomic E-state index is 11.0. The third-order valence-corrected chi connectivity index (χ3v) is 1.87. The summed E-state index contributed by atoms with van der Waals surface area (Å²) >= 11 is 0. The molecule has 2 N–H and O–H groups in total. The van der Waals surface area contributed by atoms with Gasteiger partial charge in [0, 0.05) is 7.05 Å². The number of hydrogen-bond acceptors (Lipinski definition) is 1. The van der Waals surface area contributed by atoms with Gasteiger partial charge in [-0.2, -0.15) is 0 Å². The van der Waals surface area contributed by atoms with E-state index < -0.39 is 0 Å². The molecule has 0 saturated carbocycles. The van der Waals surface area contributed by atoms with Crippen LogP contribution in [0, 0.1) is 0 Å². The van der Waals surface area contributed by atoms with E-state index in [0.717, 1.165) is 5.56 Å². The Labute approximate surface area is 78.2 Å². The summed E-state index contributed by atoms with van der Waals surface area (Å²) in [5.74, 6) is 0. The van der Waals surface area contributed by atoms with E-state index in [4.69, 9.17) is 0 Å². The molecule has 0 aliphatic carbocycles. The van der Waals surface area contributed by atoms with Crippen molar-refractivity contribution in [1.29, 1.82) is 0 Å². The summed E-state index contributed by atoms with van der Waals surface area (Å²) in [5.41, 5.74) is 1.10. The average molecular weight is 178 g/mol. The molecule has 0 fully saturated rings. The Bertz CT molecular complexity index is 272. The average Bonchev–Trinajstić information content (AvgIpc) is 2.19. The zero-order chi connectivity index (χ0) is 9.68. The van der Waals surface area contributed by atoms with Crippen molar-refractivity contribution in [3.05, 3.63) is 35.9 Å². The van der Waals surface area contributed by atoms with Crippen molar-refractivity contribution in [3.63, 3.8) is 0 Å². The van der Waals surface area contributed by atoms with Gasteiger partial charge in [-0.3, -0.25) is 0 Å². The second kappa shape index (κ2) is 4.50. The van der Waals surface area contributed by atoms with Crippen molar-refractivity contribution in [1.82, 2.24) is 10.6 Å². The van der Waals surface area contributed by atoms with Crippen molar-refractivity contribution in [3.8, 4) is 0 Å². The summed E-state index contributed by atoms with van der Waals surface area (Å²) < 4.78 is 0. The molecular weight excluding hydrogens is 164 g/mol. The van der Waals surface area contributed by atoms with Gasteiger partial charge in [0.2, 0.25) is 0 Å². The second-order valence-electron chi connectivity index (χ2n) is 2.86. The summed E-state index contributed by atoms with van der Waals surface area (Å²) in [7, 11) is 1.60. The lowest BCUT2D eigenvalue weighted by Gasteiger charge is -2.13. The van der Waals surface area contributed by atoms with E-state index in [2.05, 4.69) is 10.6 Å². The Kier molecular flexibility index (Phi) is 3.31. The van der Waals surface area contributed by atoms with E-state index in [-0.39, 0.29) is 12.1 Å². The standard InChI is InChI=1S/C10H14N2O/c1-8(12-10(13)11-2)9-6-4-3-5-7-9/h3-8H,1-2H3,(H2,11,12,13)/t8-/m0/s1. The lowest BCUT2D eigenvalue weighted by atomic mass is 10.1. The van der Waals surface area contributed by atoms with Crippen molar-refractivity contribution in [2.45, 2.75) is 13.0 Å². The van der Waals surface area contributed by atoms with Crippen LogP contribution in [0.25, 0.3) is 0 Å². The molecule has 0 aromatic heterocycles. The van der Waals surface area contributed by atoms with Gasteiger partial charge in [-0.05, 0) is 12.5 Å². The SMILES string of the molecule is CNC(=O)N[C@@H](C)c1ccccc1. The number of carbonyl (C=O) groups excluding carboxylic acids is 1. The van der Waals surface area contributed by atoms with Crippen molar-refractivity contribution in [2.24, 2.45) is 0 Å². The molecule has 1 aromatic carbocycles. The fourth-order valence-corrected chi connectivity index (χ4v) is 1.09. The van der Waals surface area contributed by atoms with Crippen LogP contribution in [0.4, 0.5) is 4.79 Å². The third-order valence-electron chi connectivity index (χ3n) is 1.87. The molecule has 3 nitrogen and oxygen atoms in total. The summed E-state index contributed by atoms with van der Waals surface area (Å²) in [6, 6.07) is 9.73. The second-order valence-corrected chi connectivity index (χ2v) is 2.86. The monoisotopic (exact) mass is 178 g/mol. The summed E-state index contributed by atoms with van der Waals surface area (Å²) in [4.78, 5) is 11.0. The van der Waals surface area contributed by atoms with Crippen molar-refractivity contribution < 1.29 is 4.79 Å². The zero-order valence-corrected chi connectivity index (χ0v) is 7.87. The Morgan fingerprint density at radius 3 is 2.46 bits per heavy atom. The number of hydrogen-bond donors (Lipinski definition) is 2. The molecule has 1 aromatic rings. The molecule has 0 saturated heterocycles. The van der Waals surface area contributed by atoms with Crippen LogP contribution in [0.5, 0.6) is 0 Å². The van der Waals surface area contributed by atoms with Gasteiger partial charge in [0.1, 0.15) is 0 Å². The fraction of sp³-hybridized carbons (Fsp3) is 0.300. The number of amides is 2. The molecule has 0 aliphatic heterocycles. The normalized spacial score (nSPS) is 11.8. The van der Waals surface area contributed by atoms with Crippen LogP contribution in [0.15, 0.2) is 30.3 Å². The molecule has 2 amide bonds. The highest BCUT2D eigenvalue weighted by Crippen LogP contribution is 2.10. The number of benzene rings is 1. The van der Waals surface area contributed by atoms with E-state index in [1.54, 1.807) is 7.05 Å². The number of carbonyl (C=O) groups is 1. The van der Waals surface area contributed by atoms with E-state index in [1.807, 2.05) is 37.3 Å². The predicted octanol–water partition coefficient (Wildman–Crippen LogP) is 1.68. The van der Waals surface area contributed by atoms with E-state index in [9.17, 15) is 4.79 Å². The molecule has 1 rings (SSSR count). The number of urea groups is 1. The minimum absolute atomic E-state index is 0.0427. The van der Waals surface area contributed by atoms with Crippen LogP contribution < -0.4 is 10.6 Å². The largest absolute Gasteiger partial charge is 0.341 e. The maximum Gasteiger partial charge on any atom is 0.315 e. The Balaban J connectivity index is 2.59. The Morgan fingerprint density at radius 2 is 1.92 bits per heavy atom. The van der Waals surface area contributed by atoms with Crippen LogP contribution in [-0.2, 0) is 0 Å². The first kappa shape index (κ1) is 9.58. The maximum absolute atomic E-state index is 11.0. The van der Waals surface area contributed by atoms with Gasteiger partial charge < -0.3 is 10.6 Å². The minimum Gasteiger partial charge on any atom is -0.341 e. The summed E-state index contributed by atoms with van der Waals surface area (Å²) in [5, 5.41) is 5.31. The summed E-state index contributed by atoms with van der Waals surface area (Å²) in [6.45, 7) is 1.95. The molecule has 1 atom stereocenters. The van der Waals surface area contributed by atoms with E-state index in [0.29, 0.717) is 0 Å². The number of nitrogens with one attached hydrogen (secondary N) is 2. The highest BCUT2D eigenvalue weighted by atomic mass is 16.2. The topological polar surface area (TPSA) is 41.1 Å². The molecule has 0 unspecified atom stereocenters. The first-order chi connectivity index (χ1) is 6.24. The van der Waals surface area contributed by atoms with Crippen LogP contribution >= 0.6 is 0 Å². The third kappa shape index (κ3) is 2.78. The zero-order valence-electron chi connectivity index (χ0n) is 7.87. The predicted molar refractivity (Wildman–Crippen MR) is 52.4 cm³/mol. The Morgan fingerprint density at radius 1 is 1.31 bits per heavy atom. The van der Waals surface area contributed by atoms with Crippen LogP contribution in [0.1, 0.15) is 18.5 Å². The quantitative estimate of drug-likeness (QED) is 0.710. The fourth-order valence-electron chi connectivity index (χ4n) is 1.09. The minimum atomic E-state index is -0.156. The molecule has 0 aliphatic rings. The molecular formula is C10H14N2O. The highest BCUT2D eigenvalue weighted by Gasteiger charge is 2.06. The van der Waals surface area contributed by atoms with Crippen LogP contribution in [0.3, 0.4) is 0 Å². The van der Waals surface area contributed by atoms with Gasteiger partial charge in [-0.25, -0.2) is 4.79 Å². The smallest absolute Gasteiger partial charge is 0.315 e. The number of rotatable bonds is 2. The van der Waals surface area contributed by atoms with Crippen molar-refractivity contribution >= 4 is 6.03 Å². The summed E-state index contributed by atoms with van der Waals surface area (Å²) in [6.07, 6.45) is 0. The molecule has 0 spiro atoms. The van der Waals surface area contributed by atoms with Gasteiger partial charge in [-0.1, -0.05) is 30.3 Å². The van der Waals surface area contributed by atoms with Gasteiger partial charge in [-0.15, -0.1) is 0 Å².